The zero-order chi connectivity index (χ0) is 24.4. The Morgan fingerprint density at radius 2 is 1.88 bits per heavy atom. The highest BCUT2D eigenvalue weighted by molar-refractivity contribution is 5.86. The number of nitrogens with one attached hydrogen (secondary N) is 1. The fourth-order valence-electron chi connectivity index (χ4n) is 5.23. The van der Waals surface area contributed by atoms with Crippen LogP contribution in [0.15, 0.2) is 18.2 Å². The van der Waals surface area contributed by atoms with Gasteiger partial charge in [0, 0.05) is 38.3 Å². The topological polar surface area (TPSA) is 76.4 Å². The van der Waals surface area contributed by atoms with Crippen LogP contribution in [0.3, 0.4) is 0 Å². The van der Waals surface area contributed by atoms with Gasteiger partial charge in [0.15, 0.2) is 0 Å². The zero-order valence-corrected chi connectivity index (χ0v) is 19.3. The Labute approximate surface area is 192 Å². The monoisotopic (exact) mass is 464 g/mol. The molecule has 6 nitrogen and oxygen atoms in total. The number of likely N-dealkylation sites (tertiary alicyclic amines) is 1. The maximum Gasteiger partial charge on any atom is 0.417 e. The van der Waals surface area contributed by atoms with Crippen molar-refractivity contribution in [3.8, 4) is 6.07 Å². The summed E-state index contributed by atoms with van der Waals surface area (Å²) >= 11 is 0. The summed E-state index contributed by atoms with van der Waals surface area (Å²) in [7, 11) is 1.52. The van der Waals surface area contributed by atoms with Crippen LogP contribution in [0, 0.1) is 22.7 Å². The Bertz CT molecular complexity index is 929. The van der Waals surface area contributed by atoms with E-state index < -0.39 is 23.3 Å². The number of nitrogens with zero attached hydrogens (tertiary/aromatic N) is 3. The second-order valence-corrected chi connectivity index (χ2v) is 9.14. The molecule has 2 aliphatic heterocycles. The smallest absolute Gasteiger partial charge is 0.359 e. The molecule has 2 amide bonds. The number of alkyl halides is 3. The summed E-state index contributed by atoms with van der Waals surface area (Å²) in [6, 6.07) is 4.61. The largest absolute Gasteiger partial charge is 0.417 e. The van der Waals surface area contributed by atoms with Gasteiger partial charge < -0.3 is 15.1 Å². The average molecular weight is 465 g/mol. The average Bonchev–Trinajstić information content (AvgIpc) is 3.17. The number of hydrogen-bond donors (Lipinski definition) is 1. The van der Waals surface area contributed by atoms with Crippen molar-refractivity contribution in [2.24, 2.45) is 11.3 Å². The van der Waals surface area contributed by atoms with Crippen molar-refractivity contribution in [3.05, 3.63) is 29.3 Å². The first-order valence-electron chi connectivity index (χ1n) is 11.5. The molecule has 1 N–H and O–H groups in total. The number of halogens is 3. The van der Waals surface area contributed by atoms with Gasteiger partial charge in [0.25, 0.3) is 0 Å². The van der Waals surface area contributed by atoms with E-state index in [1.807, 2.05) is 18.7 Å². The Hall–Kier alpha value is -2.76. The highest BCUT2D eigenvalue weighted by atomic mass is 19.4. The summed E-state index contributed by atoms with van der Waals surface area (Å²) in [5, 5.41) is 11.7. The zero-order valence-electron chi connectivity index (χ0n) is 19.3. The first-order valence-corrected chi connectivity index (χ1v) is 11.5. The number of rotatable bonds is 5. The van der Waals surface area contributed by atoms with Gasteiger partial charge in [-0.25, -0.2) is 0 Å². The maximum absolute atomic E-state index is 13.5. The molecule has 1 unspecified atom stereocenters. The summed E-state index contributed by atoms with van der Waals surface area (Å²) in [5.41, 5.74) is -1.41. The van der Waals surface area contributed by atoms with E-state index in [0.717, 1.165) is 18.9 Å². The highest BCUT2D eigenvalue weighted by Crippen LogP contribution is 2.46. The number of likely N-dealkylation sites (N-methyl/N-ethyl adjacent to an activating group) is 1. The third-order valence-corrected chi connectivity index (χ3v) is 7.29. The molecule has 0 bridgehead atoms. The number of piperidine rings is 1. The second kappa shape index (κ2) is 9.62. The minimum atomic E-state index is -4.66. The van der Waals surface area contributed by atoms with Crippen LogP contribution in [0.2, 0.25) is 0 Å². The molecule has 3 rings (SSSR count). The van der Waals surface area contributed by atoms with Crippen molar-refractivity contribution < 1.29 is 22.8 Å². The SMILES string of the molecule is CCC(CC)C(=O)N1CCC2(CC1)CC(C(=O)NC)N(c1ccc(C#N)c(C(F)(F)F)c1)C2. The van der Waals surface area contributed by atoms with E-state index in [-0.39, 0.29) is 28.8 Å². The van der Waals surface area contributed by atoms with E-state index in [4.69, 9.17) is 5.26 Å². The number of hydrogen-bond acceptors (Lipinski definition) is 4. The van der Waals surface area contributed by atoms with Crippen LogP contribution in [-0.2, 0) is 15.8 Å². The van der Waals surface area contributed by atoms with Gasteiger partial charge in [0.2, 0.25) is 11.8 Å². The lowest BCUT2D eigenvalue weighted by molar-refractivity contribution is -0.138. The second-order valence-electron chi connectivity index (χ2n) is 9.14. The molecule has 33 heavy (non-hydrogen) atoms. The van der Waals surface area contributed by atoms with Gasteiger partial charge >= 0.3 is 6.18 Å². The maximum atomic E-state index is 13.5. The molecule has 0 saturated carbocycles. The highest BCUT2D eigenvalue weighted by Gasteiger charge is 2.49. The fraction of sp³-hybridized carbons (Fsp3) is 0.625. The van der Waals surface area contributed by atoms with Crippen LogP contribution in [0.1, 0.15) is 57.1 Å². The van der Waals surface area contributed by atoms with Gasteiger partial charge in [0.05, 0.1) is 17.2 Å². The Morgan fingerprint density at radius 3 is 2.39 bits per heavy atom. The quantitative estimate of drug-likeness (QED) is 0.716. The predicted molar refractivity (Wildman–Crippen MR) is 118 cm³/mol. The molecule has 180 valence electrons. The third-order valence-electron chi connectivity index (χ3n) is 7.29. The van der Waals surface area contributed by atoms with Crippen molar-refractivity contribution in [2.45, 2.75) is 58.2 Å². The number of amides is 2. The first kappa shape index (κ1) is 24.9. The van der Waals surface area contributed by atoms with Crippen molar-refractivity contribution in [2.75, 3.05) is 31.6 Å². The predicted octanol–water partition coefficient (Wildman–Crippen LogP) is 3.95. The van der Waals surface area contributed by atoms with Crippen LogP contribution in [-0.4, -0.2) is 49.4 Å². The van der Waals surface area contributed by atoms with E-state index in [1.54, 1.807) is 11.0 Å². The number of nitriles is 1. The van der Waals surface area contributed by atoms with Crippen molar-refractivity contribution >= 4 is 17.5 Å². The van der Waals surface area contributed by atoms with Gasteiger partial charge in [-0.05, 0) is 55.7 Å². The molecule has 0 aromatic heterocycles. The summed E-state index contributed by atoms with van der Waals surface area (Å²) in [4.78, 5) is 29.1. The van der Waals surface area contributed by atoms with Crippen LogP contribution in [0.25, 0.3) is 0 Å². The lowest BCUT2D eigenvalue weighted by atomic mass is 9.76. The summed E-state index contributed by atoms with van der Waals surface area (Å²) in [6.45, 7) is 5.62. The van der Waals surface area contributed by atoms with Crippen molar-refractivity contribution in [1.29, 1.82) is 5.26 Å². The molecule has 2 aliphatic rings. The Kier molecular flexibility index (Phi) is 7.25. The van der Waals surface area contributed by atoms with E-state index in [9.17, 15) is 22.8 Å². The molecule has 2 saturated heterocycles. The van der Waals surface area contributed by atoms with Gasteiger partial charge in [-0.2, -0.15) is 18.4 Å². The number of anilines is 1. The van der Waals surface area contributed by atoms with Gasteiger partial charge in [-0.3, -0.25) is 9.59 Å². The molecule has 1 atom stereocenters. The molecular formula is C24H31F3N4O2. The lowest BCUT2D eigenvalue weighted by Gasteiger charge is -2.40. The molecule has 1 aromatic rings. The molecule has 0 aliphatic carbocycles. The molecule has 2 fully saturated rings. The Morgan fingerprint density at radius 1 is 1.24 bits per heavy atom. The number of carbonyl (C=O) groups excluding carboxylic acids is 2. The van der Waals surface area contributed by atoms with Crippen LogP contribution in [0.4, 0.5) is 18.9 Å². The third kappa shape index (κ3) is 4.94. The van der Waals surface area contributed by atoms with Crippen LogP contribution in [0.5, 0.6) is 0 Å². The summed E-state index contributed by atoms with van der Waals surface area (Å²) in [5.74, 6) is -0.0769. The Balaban J connectivity index is 1.86. The molecular weight excluding hydrogens is 433 g/mol. The van der Waals surface area contributed by atoms with Gasteiger partial charge in [-0.1, -0.05) is 13.8 Å². The van der Waals surface area contributed by atoms with Crippen LogP contribution >= 0.6 is 0 Å². The molecule has 2 heterocycles. The summed E-state index contributed by atoms with van der Waals surface area (Å²) < 4.78 is 40.6. The van der Waals surface area contributed by atoms with Crippen molar-refractivity contribution in [3.63, 3.8) is 0 Å². The van der Waals surface area contributed by atoms with E-state index in [1.165, 1.54) is 19.2 Å². The molecule has 1 spiro atoms. The standard InChI is InChI=1S/C24H31F3N4O2/c1-4-16(5-2)22(33)30-10-8-23(9-11-30)13-20(21(32)29-3)31(15-23)18-7-6-17(14-28)19(12-18)24(25,26)27/h6-7,12,16,20H,4-5,8-11,13,15H2,1-3H3,(H,29,32). The van der Waals surface area contributed by atoms with Crippen molar-refractivity contribution in [1.82, 2.24) is 10.2 Å². The molecule has 0 radical (unpaired) electrons. The number of carbonyl (C=O) groups is 2. The van der Waals surface area contributed by atoms with E-state index >= 15 is 0 Å². The van der Waals surface area contributed by atoms with Crippen LogP contribution < -0.4 is 10.2 Å². The van der Waals surface area contributed by atoms with E-state index in [2.05, 4.69) is 5.32 Å². The lowest BCUT2D eigenvalue weighted by Crippen LogP contribution is -2.46. The van der Waals surface area contributed by atoms with Gasteiger partial charge in [-0.15, -0.1) is 0 Å². The minimum Gasteiger partial charge on any atom is -0.359 e. The fourth-order valence-corrected chi connectivity index (χ4v) is 5.23. The number of benzene rings is 1. The first-order chi connectivity index (χ1) is 15.6. The van der Waals surface area contributed by atoms with Gasteiger partial charge in [0.1, 0.15) is 6.04 Å². The molecule has 1 aromatic carbocycles. The molecule has 9 heteroatoms. The normalized spacial score (nSPS) is 20.2. The minimum absolute atomic E-state index is 0.0113. The summed E-state index contributed by atoms with van der Waals surface area (Å²) in [6.07, 6.45) is -1.16. The van der Waals surface area contributed by atoms with E-state index in [0.29, 0.717) is 38.9 Å².